The van der Waals surface area contributed by atoms with E-state index in [0.29, 0.717) is 25.8 Å². The molecule has 1 aromatic heterocycles. The SMILES string of the molecule is CC(C)(C)OC(=O)N(C(=O)[C@@H](N)CCCCN)[C@@H](Cc1c[nH]c2ccccc12)C(=O)OCc1ccccc1. The van der Waals surface area contributed by atoms with Crippen LogP contribution in [0.2, 0.25) is 0 Å². The van der Waals surface area contributed by atoms with Gasteiger partial charge in [-0.25, -0.2) is 14.5 Å². The number of para-hydroxylation sites is 1. The molecule has 2 aromatic carbocycles. The number of ether oxygens (including phenoxy) is 2. The van der Waals surface area contributed by atoms with Gasteiger partial charge in [0.05, 0.1) is 6.04 Å². The van der Waals surface area contributed by atoms with E-state index in [1.54, 1.807) is 27.0 Å². The first kappa shape index (κ1) is 28.9. The van der Waals surface area contributed by atoms with E-state index < -0.39 is 35.7 Å². The monoisotopic (exact) mass is 522 g/mol. The fourth-order valence-electron chi connectivity index (χ4n) is 4.11. The number of nitrogens with two attached hydrogens (primary N) is 2. The molecule has 0 spiro atoms. The highest BCUT2D eigenvalue weighted by atomic mass is 16.6. The van der Waals surface area contributed by atoms with Gasteiger partial charge in [-0.2, -0.15) is 0 Å². The summed E-state index contributed by atoms with van der Waals surface area (Å²) >= 11 is 0. The third kappa shape index (κ3) is 7.90. The second-order valence-corrected chi connectivity index (χ2v) is 10.3. The zero-order chi connectivity index (χ0) is 27.7. The van der Waals surface area contributed by atoms with Crippen LogP contribution in [-0.2, 0) is 32.1 Å². The van der Waals surface area contributed by atoms with Crippen molar-refractivity contribution in [1.82, 2.24) is 9.88 Å². The van der Waals surface area contributed by atoms with Crippen LogP contribution in [0.3, 0.4) is 0 Å². The number of imide groups is 1. The fourth-order valence-corrected chi connectivity index (χ4v) is 4.11. The molecule has 5 N–H and O–H groups in total. The summed E-state index contributed by atoms with van der Waals surface area (Å²) in [4.78, 5) is 44.7. The van der Waals surface area contributed by atoms with Crippen molar-refractivity contribution in [3.8, 4) is 0 Å². The molecule has 0 aliphatic carbocycles. The van der Waals surface area contributed by atoms with Crippen molar-refractivity contribution in [3.63, 3.8) is 0 Å². The summed E-state index contributed by atoms with van der Waals surface area (Å²) in [6, 6.07) is 14.5. The smallest absolute Gasteiger partial charge is 0.417 e. The maximum atomic E-state index is 13.6. The minimum absolute atomic E-state index is 0.0110. The predicted molar refractivity (Wildman–Crippen MR) is 146 cm³/mol. The molecular weight excluding hydrogens is 484 g/mol. The van der Waals surface area contributed by atoms with E-state index in [1.807, 2.05) is 54.6 Å². The minimum Gasteiger partial charge on any atom is -0.459 e. The third-order valence-electron chi connectivity index (χ3n) is 6.01. The van der Waals surface area contributed by atoms with Crippen LogP contribution in [0.1, 0.15) is 51.2 Å². The van der Waals surface area contributed by atoms with Crippen LogP contribution < -0.4 is 11.5 Å². The quantitative estimate of drug-likeness (QED) is 0.255. The van der Waals surface area contributed by atoms with E-state index in [0.717, 1.165) is 26.9 Å². The van der Waals surface area contributed by atoms with Gasteiger partial charge in [-0.1, -0.05) is 55.0 Å². The zero-order valence-corrected chi connectivity index (χ0v) is 22.3. The number of fused-ring (bicyclic) bond motifs is 1. The van der Waals surface area contributed by atoms with Gasteiger partial charge in [-0.3, -0.25) is 4.79 Å². The number of benzene rings is 2. The molecule has 0 radical (unpaired) electrons. The number of carbonyl (C=O) groups is 3. The Kier molecular flexibility index (Phi) is 10.0. The predicted octanol–water partition coefficient (Wildman–Crippen LogP) is 4.04. The molecule has 1 heterocycles. The minimum atomic E-state index is -1.29. The number of carbonyl (C=O) groups excluding carboxylic acids is 3. The largest absolute Gasteiger partial charge is 0.459 e. The Labute approximate surface area is 223 Å². The Hall–Kier alpha value is -3.69. The molecule has 0 saturated carbocycles. The number of hydrogen-bond donors (Lipinski definition) is 3. The van der Waals surface area contributed by atoms with Crippen LogP contribution in [0.4, 0.5) is 4.79 Å². The molecular formula is C29H38N4O5. The molecule has 3 rings (SSSR count). The van der Waals surface area contributed by atoms with Crippen LogP contribution in [0.15, 0.2) is 60.8 Å². The number of unbranched alkanes of at least 4 members (excludes halogenated alkanes) is 1. The van der Waals surface area contributed by atoms with Crippen molar-refractivity contribution >= 4 is 28.9 Å². The molecule has 3 aromatic rings. The van der Waals surface area contributed by atoms with Crippen LogP contribution in [0, 0.1) is 0 Å². The standard InChI is InChI=1S/C29H38N4O5/c1-29(2,3)38-28(36)33(26(34)23(31)14-9-10-16-30)25(27(35)37-19-20-11-5-4-6-12-20)17-21-18-32-24-15-8-7-13-22(21)24/h4-8,11-13,15,18,23,25,32H,9-10,14,16-17,19,30-31H2,1-3H3/t23-,25-/m0/s1. The van der Waals surface area contributed by atoms with E-state index in [2.05, 4.69) is 4.98 Å². The van der Waals surface area contributed by atoms with E-state index in [4.69, 9.17) is 20.9 Å². The summed E-state index contributed by atoms with van der Waals surface area (Å²) in [5.41, 5.74) is 13.3. The molecule has 0 aliphatic rings. The lowest BCUT2D eigenvalue weighted by atomic mass is 10.0. The number of hydrogen-bond acceptors (Lipinski definition) is 7. The highest BCUT2D eigenvalue weighted by molar-refractivity contribution is 5.99. The van der Waals surface area contributed by atoms with Crippen molar-refractivity contribution in [3.05, 3.63) is 71.9 Å². The van der Waals surface area contributed by atoms with Gasteiger partial charge in [0.2, 0.25) is 5.91 Å². The van der Waals surface area contributed by atoms with E-state index >= 15 is 0 Å². The van der Waals surface area contributed by atoms with Gasteiger partial charge in [0, 0.05) is 23.5 Å². The Balaban J connectivity index is 1.98. The third-order valence-corrected chi connectivity index (χ3v) is 6.01. The van der Waals surface area contributed by atoms with Gasteiger partial charge in [-0.05, 0) is 57.4 Å². The molecule has 0 aliphatic heterocycles. The highest BCUT2D eigenvalue weighted by Crippen LogP contribution is 2.24. The number of aromatic nitrogens is 1. The fraction of sp³-hybridized carbons (Fsp3) is 0.414. The van der Waals surface area contributed by atoms with Gasteiger partial charge in [0.25, 0.3) is 0 Å². The molecule has 9 heteroatoms. The number of nitrogens with zero attached hydrogens (tertiary/aromatic N) is 1. The van der Waals surface area contributed by atoms with Crippen molar-refractivity contribution < 1.29 is 23.9 Å². The Bertz CT molecular complexity index is 1220. The van der Waals surface area contributed by atoms with E-state index in [9.17, 15) is 14.4 Å². The van der Waals surface area contributed by atoms with Crippen LogP contribution in [-0.4, -0.2) is 52.1 Å². The number of aromatic amines is 1. The van der Waals surface area contributed by atoms with Gasteiger partial charge >= 0.3 is 12.1 Å². The van der Waals surface area contributed by atoms with Gasteiger partial charge in [-0.15, -0.1) is 0 Å². The van der Waals surface area contributed by atoms with Gasteiger partial charge in [0.15, 0.2) is 0 Å². The van der Waals surface area contributed by atoms with Gasteiger partial charge in [0.1, 0.15) is 18.2 Å². The van der Waals surface area contributed by atoms with Gasteiger partial charge < -0.3 is 25.9 Å². The average molecular weight is 523 g/mol. The lowest BCUT2D eigenvalue weighted by Gasteiger charge is -2.32. The second-order valence-electron chi connectivity index (χ2n) is 10.3. The maximum absolute atomic E-state index is 13.6. The lowest BCUT2D eigenvalue weighted by Crippen LogP contribution is -2.56. The maximum Gasteiger partial charge on any atom is 0.417 e. The number of esters is 1. The molecule has 2 amide bonds. The number of H-pyrrole nitrogens is 1. The second kappa shape index (κ2) is 13.2. The van der Waals surface area contributed by atoms with Crippen molar-refractivity contribution in [2.45, 2.75) is 70.7 Å². The molecule has 204 valence electrons. The summed E-state index contributed by atoms with van der Waals surface area (Å²) in [5, 5.41) is 0.872. The average Bonchev–Trinajstić information content (AvgIpc) is 3.29. The normalized spacial score (nSPS) is 13.1. The topological polar surface area (TPSA) is 141 Å². The first-order chi connectivity index (χ1) is 18.1. The molecule has 0 fully saturated rings. The first-order valence-corrected chi connectivity index (χ1v) is 12.9. The summed E-state index contributed by atoms with van der Waals surface area (Å²) < 4.78 is 11.2. The molecule has 9 nitrogen and oxygen atoms in total. The molecule has 0 saturated heterocycles. The van der Waals surface area contributed by atoms with Crippen LogP contribution in [0.25, 0.3) is 10.9 Å². The molecule has 0 bridgehead atoms. The van der Waals surface area contributed by atoms with Crippen LogP contribution in [0.5, 0.6) is 0 Å². The number of nitrogens with one attached hydrogen (secondary N) is 1. The highest BCUT2D eigenvalue weighted by Gasteiger charge is 2.41. The van der Waals surface area contributed by atoms with Crippen LogP contribution >= 0.6 is 0 Å². The first-order valence-electron chi connectivity index (χ1n) is 12.9. The van der Waals surface area contributed by atoms with Crippen molar-refractivity contribution in [2.75, 3.05) is 6.54 Å². The summed E-state index contributed by atoms with van der Waals surface area (Å²) in [6.45, 7) is 5.53. The van der Waals surface area contributed by atoms with Crippen molar-refractivity contribution in [1.29, 1.82) is 0 Å². The summed E-state index contributed by atoms with van der Waals surface area (Å²) in [6.07, 6.45) is 2.45. The molecule has 0 unspecified atom stereocenters. The van der Waals surface area contributed by atoms with Crippen molar-refractivity contribution in [2.24, 2.45) is 11.5 Å². The molecule has 38 heavy (non-hydrogen) atoms. The number of amides is 2. The van der Waals surface area contributed by atoms with E-state index in [-0.39, 0.29) is 13.0 Å². The number of rotatable bonds is 11. The Morgan fingerprint density at radius 2 is 1.68 bits per heavy atom. The summed E-state index contributed by atoms with van der Waals surface area (Å²) in [7, 11) is 0. The van der Waals surface area contributed by atoms with E-state index in [1.165, 1.54) is 0 Å². The Morgan fingerprint density at radius 3 is 2.37 bits per heavy atom. The molecule has 2 atom stereocenters. The zero-order valence-electron chi connectivity index (χ0n) is 22.3. The lowest BCUT2D eigenvalue weighted by molar-refractivity contribution is -0.156. The Morgan fingerprint density at radius 1 is 1.00 bits per heavy atom. The summed E-state index contributed by atoms with van der Waals surface area (Å²) in [5.74, 6) is -1.43.